The van der Waals surface area contributed by atoms with E-state index in [-0.39, 0.29) is 57.1 Å². The van der Waals surface area contributed by atoms with Gasteiger partial charge in [-0.25, -0.2) is 4.79 Å². The Morgan fingerprint density at radius 2 is 1.03 bits per heavy atom. The molecule has 1 unspecified atom stereocenters. The first-order chi connectivity index (χ1) is 15.4. The highest BCUT2D eigenvalue weighted by Gasteiger charge is 2.54. The molecule has 0 saturated heterocycles. The van der Waals surface area contributed by atoms with Crippen molar-refractivity contribution >= 4 is 105 Å². The molecule has 0 aliphatic carbocycles. The van der Waals surface area contributed by atoms with E-state index < -0.39 is 17.4 Å². The molecule has 33 heavy (non-hydrogen) atoms. The molecule has 3 aromatic carbocycles. The van der Waals surface area contributed by atoms with Crippen molar-refractivity contribution in [3.05, 3.63) is 93.8 Å². The third-order valence-corrected chi connectivity index (χ3v) is 6.49. The van der Waals surface area contributed by atoms with Gasteiger partial charge in [0.25, 0.3) is 0 Å². The number of carboxylic acids is 1. The number of rotatable bonds is 5. The predicted molar refractivity (Wildman–Crippen MR) is 133 cm³/mol. The summed E-state index contributed by atoms with van der Waals surface area (Å²) in [6, 6.07) is 8.76. The van der Waals surface area contributed by atoms with Crippen molar-refractivity contribution in [3.63, 3.8) is 0 Å². The lowest BCUT2D eigenvalue weighted by Crippen LogP contribution is -2.48. The van der Waals surface area contributed by atoms with Crippen LogP contribution < -0.4 is 4.74 Å². The largest absolute Gasteiger partial charge is 0.480 e. The Balaban J connectivity index is 2.39. The molecule has 0 amide bonds. The zero-order valence-electron chi connectivity index (χ0n) is 15.7. The average molecular weight is 608 g/mol. The molecule has 172 valence electrons. The highest BCUT2D eigenvalue weighted by molar-refractivity contribution is 6.42. The molecule has 0 fully saturated rings. The van der Waals surface area contributed by atoms with Crippen LogP contribution in [0.3, 0.4) is 0 Å². The molecule has 4 nitrogen and oxygen atoms in total. The number of carbonyl (C=O) groups is 2. The summed E-state index contributed by atoms with van der Waals surface area (Å²) in [6.45, 7) is 0. The predicted octanol–water partition coefficient (Wildman–Crippen LogP) is 8.89. The van der Waals surface area contributed by atoms with Gasteiger partial charge in [0.1, 0.15) is 0 Å². The Morgan fingerprint density at radius 1 is 0.636 bits per heavy atom. The van der Waals surface area contributed by atoms with Crippen LogP contribution in [0.2, 0.25) is 40.2 Å². The van der Waals surface area contributed by atoms with E-state index in [1.165, 1.54) is 42.5 Å². The van der Waals surface area contributed by atoms with Crippen LogP contribution in [-0.4, -0.2) is 17.0 Å². The summed E-state index contributed by atoms with van der Waals surface area (Å²) in [7, 11) is 0. The van der Waals surface area contributed by atoms with Gasteiger partial charge in [0.15, 0.2) is 5.75 Å². The minimum atomic E-state index is -2.65. The van der Waals surface area contributed by atoms with Crippen molar-refractivity contribution in [3.8, 4) is 5.75 Å². The smallest absolute Gasteiger partial charge is 0.338 e. The Bertz CT molecular complexity index is 1230. The zero-order chi connectivity index (χ0) is 24.7. The number of hydrogen-bond acceptors (Lipinski definition) is 3. The fourth-order valence-electron chi connectivity index (χ4n) is 3.15. The van der Waals surface area contributed by atoms with E-state index in [4.69, 9.17) is 97.5 Å². The van der Waals surface area contributed by atoms with Crippen LogP contribution in [0.15, 0.2) is 42.5 Å². The highest BCUT2D eigenvalue weighted by Crippen LogP contribution is 2.46. The first kappa shape index (κ1) is 26.5. The van der Waals surface area contributed by atoms with Gasteiger partial charge in [-0.05, 0) is 48.0 Å². The van der Waals surface area contributed by atoms with Gasteiger partial charge in [-0.3, -0.25) is 4.79 Å². The topological polar surface area (TPSA) is 63.6 Å². The molecule has 1 atom stereocenters. The fraction of sp³-hybridized carbons (Fsp3) is 0.0476. The molecule has 0 aromatic heterocycles. The van der Waals surface area contributed by atoms with Crippen LogP contribution in [0.5, 0.6) is 5.75 Å². The van der Waals surface area contributed by atoms with E-state index >= 15 is 0 Å². The number of halogens is 8. The van der Waals surface area contributed by atoms with Crippen LogP contribution in [0.25, 0.3) is 0 Å². The van der Waals surface area contributed by atoms with Gasteiger partial charge in [-0.2, -0.15) is 0 Å². The number of benzene rings is 3. The van der Waals surface area contributed by atoms with E-state index in [9.17, 15) is 14.7 Å². The second-order valence-corrected chi connectivity index (χ2v) is 9.92. The van der Waals surface area contributed by atoms with Crippen LogP contribution in [-0.2, 0) is 15.0 Å². The van der Waals surface area contributed by atoms with Gasteiger partial charge in [-0.15, -0.1) is 0 Å². The Morgan fingerprint density at radius 3 is 1.45 bits per heavy atom. The Hall–Kier alpha value is -1.08. The molecular weight excluding hydrogens is 600 g/mol. The van der Waals surface area contributed by atoms with Gasteiger partial charge >= 0.3 is 11.9 Å². The summed E-state index contributed by atoms with van der Waals surface area (Å²) in [6.07, 6.45) is 0. The summed E-state index contributed by atoms with van der Waals surface area (Å²) in [5.41, 5.74) is -3.17. The van der Waals surface area contributed by atoms with Crippen LogP contribution in [0, 0.1) is 0 Å². The van der Waals surface area contributed by atoms with Crippen LogP contribution in [0.1, 0.15) is 11.1 Å². The molecule has 0 aliphatic rings. The zero-order valence-corrected chi connectivity index (χ0v) is 21.8. The quantitative estimate of drug-likeness (QED) is 0.179. The van der Waals surface area contributed by atoms with Crippen molar-refractivity contribution in [2.24, 2.45) is 0 Å². The Labute approximate surface area is 227 Å². The van der Waals surface area contributed by atoms with Crippen LogP contribution in [0.4, 0.5) is 0 Å². The lowest BCUT2D eigenvalue weighted by atomic mass is 9.74. The number of hydrogen-bond donors (Lipinski definition) is 1. The second-order valence-electron chi connectivity index (χ2n) is 6.55. The van der Waals surface area contributed by atoms with Crippen molar-refractivity contribution < 1.29 is 19.4 Å². The number of esters is 1. The first-order valence-electron chi connectivity index (χ1n) is 8.59. The average Bonchev–Trinajstić information content (AvgIpc) is 2.65. The lowest BCUT2D eigenvalue weighted by Gasteiger charge is -2.30. The number of carbonyl (C=O) groups excluding carboxylic acids is 1. The standard InChI is InChI=1S/C21H8Cl8O4/c22-9-1-8(2-10(23)3-9)21(19(30)31,17-13(26)4-11(24)5-14(17)27)20(32)33-18-15(28)6-12(25)7-16(18)29/h1-7H,(H,30,31). The van der Waals surface area contributed by atoms with Crippen molar-refractivity contribution in [1.82, 2.24) is 0 Å². The van der Waals surface area contributed by atoms with Crippen molar-refractivity contribution in [1.29, 1.82) is 0 Å². The van der Waals surface area contributed by atoms with E-state index in [2.05, 4.69) is 0 Å². The van der Waals surface area contributed by atoms with Crippen LogP contribution >= 0.6 is 92.8 Å². The van der Waals surface area contributed by atoms with Gasteiger partial charge in [0.2, 0.25) is 5.41 Å². The van der Waals surface area contributed by atoms with E-state index in [0.29, 0.717) is 0 Å². The van der Waals surface area contributed by atoms with Crippen molar-refractivity contribution in [2.45, 2.75) is 5.41 Å². The van der Waals surface area contributed by atoms with Gasteiger partial charge < -0.3 is 9.84 Å². The van der Waals surface area contributed by atoms with Gasteiger partial charge in [0, 0.05) is 35.7 Å². The summed E-state index contributed by atoms with van der Waals surface area (Å²) in [4.78, 5) is 26.6. The van der Waals surface area contributed by atoms with Gasteiger partial charge in [0.05, 0.1) is 10.0 Å². The number of ether oxygens (including phenoxy) is 1. The fourth-order valence-corrected chi connectivity index (χ4v) is 5.67. The first-order valence-corrected chi connectivity index (χ1v) is 11.6. The maximum atomic E-state index is 13.7. The molecule has 3 rings (SSSR count). The molecule has 0 heterocycles. The third-order valence-electron chi connectivity index (χ3n) is 4.46. The summed E-state index contributed by atoms with van der Waals surface area (Å²) in [5, 5.41) is 10.1. The highest BCUT2D eigenvalue weighted by atomic mass is 35.5. The third kappa shape index (κ3) is 5.14. The molecule has 1 N–H and O–H groups in total. The lowest BCUT2D eigenvalue weighted by molar-refractivity contribution is -0.153. The van der Waals surface area contributed by atoms with E-state index in [1.54, 1.807) is 0 Å². The maximum Gasteiger partial charge on any atom is 0.338 e. The van der Waals surface area contributed by atoms with Crippen molar-refractivity contribution in [2.75, 3.05) is 0 Å². The van der Waals surface area contributed by atoms with E-state index in [0.717, 1.165) is 0 Å². The molecule has 0 saturated carbocycles. The normalized spacial score (nSPS) is 12.8. The van der Waals surface area contributed by atoms with Gasteiger partial charge in [-0.1, -0.05) is 92.8 Å². The molecule has 12 heteroatoms. The number of carboxylic acid groups (broad SMARTS) is 1. The maximum absolute atomic E-state index is 13.7. The SMILES string of the molecule is O=C(O)C(C(=O)Oc1c(Cl)cc(Cl)cc1Cl)(c1cc(Cl)cc(Cl)c1)c1c(Cl)cc(Cl)cc1Cl. The molecule has 0 aliphatic heterocycles. The molecular formula is C21H8Cl8O4. The van der Waals surface area contributed by atoms with E-state index in [1.807, 2.05) is 0 Å². The molecule has 3 aromatic rings. The summed E-state index contributed by atoms with van der Waals surface area (Å²) >= 11 is 49.1. The molecule has 0 bridgehead atoms. The number of aliphatic carboxylic acids is 1. The molecule has 0 radical (unpaired) electrons. The summed E-state index contributed by atoms with van der Waals surface area (Å²) < 4.78 is 5.41. The summed E-state index contributed by atoms with van der Waals surface area (Å²) in [5.74, 6) is -3.38. The minimum Gasteiger partial charge on any atom is -0.480 e. The minimum absolute atomic E-state index is 0.0414. The second kappa shape index (κ2) is 10.3. The molecule has 0 spiro atoms. The monoisotopic (exact) mass is 604 g/mol. The Kier molecular flexibility index (Phi) is 8.25.